The second-order valence-corrected chi connectivity index (χ2v) is 21.8. The first-order valence-corrected chi connectivity index (χ1v) is 26.5. The van der Waals surface area contributed by atoms with Gasteiger partial charge < -0.3 is 59.4 Å². The number of aromatic hydroxyl groups is 2. The van der Waals surface area contributed by atoms with Gasteiger partial charge in [0.2, 0.25) is 11.9 Å². The number of rotatable bonds is 7. The van der Waals surface area contributed by atoms with Gasteiger partial charge in [0.15, 0.2) is 11.4 Å². The molecule has 9 rings (SSSR count). The number of ketones is 1. The van der Waals surface area contributed by atoms with Crippen molar-refractivity contribution in [2.75, 3.05) is 63.1 Å². The zero-order valence-electron chi connectivity index (χ0n) is 45.3. The second-order valence-electron chi connectivity index (χ2n) is 21.8. The van der Waals surface area contributed by atoms with Gasteiger partial charge in [0, 0.05) is 125 Å². The maximum Gasteiger partial charge on any atom is 0.315 e. The van der Waals surface area contributed by atoms with Gasteiger partial charge in [0.1, 0.15) is 35.1 Å². The van der Waals surface area contributed by atoms with E-state index in [-0.39, 0.29) is 49.6 Å². The number of nitrogens with zero attached hydrogens (tertiary/aromatic N) is 7. The number of phenolic OH excluding ortho intramolecular Hbond substituents is 2. The first kappa shape index (κ1) is 55.7. The van der Waals surface area contributed by atoms with E-state index in [1.165, 1.54) is 26.4 Å². The van der Waals surface area contributed by atoms with Gasteiger partial charge in [-0.1, -0.05) is 59.8 Å². The number of allylic oxidation sites excluding steroid dienone is 2. The molecule has 0 radical (unpaired) electrons. The predicted octanol–water partition coefficient (Wildman–Crippen LogP) is 4.65. The van der Waals surface area contributed by atoms with E-state index in [1.807, 2.05) is 4.90 Å². The van der Waals surface area contributed by atoms with E-state index in [1.54, 1.807) is 83.1 Å². The monoisotopic (exact) mass is 1050 g/mol. The average Bonchev–Trinajstić information content (AvgIpc) is 3.88. The SMILES string of the molecule is CO[C@H]1/C=C/O[C@@]2(C)Oc3c(C)c(O)c4c(O)c(c5c(c4c3C2=O)=NC2(CCN(CC(C)C)CC2)N=5)NC(=O)/C(C)=C\C=C\[C@H](C)[C@H](O)[C@@H](C)[C@@H](O)[C@@H](C)[C@H](OC(=O)CC(=O)N2CCCN(c3ncccn3)CC2)[C@@H]1C. The molecule has 0 unspecified atom stereocenters. The van der Waals surface area contributed by atoms with Crippen LogP contribution in [0.4, 0.5) is 11.6 Å². The van der Waals surface area contributed by atoms with Gasteiger partial charge in [-0.15, -0.1) is 0 Å². The molecule has 0 saturated carbocycles. The molecular formula is C56H74N8O12. The number of fused-ring (bicyclic) bond motifs is 13. The Hall–Kier alpha value is -6.48. The van der Waals surface area contributed by atoms with Gasteiger partial charge >= 0.3 is 11.8 Å². The minimum absolute atomic E-state index is 0.00340. The van der Waals surface area contributed by atoms with Crippen LogP contribution in [0.25, 0.3) is 10.8 Å². The van der Waals surface area contributed by atoms with E-state index in [0.717, 1.165) is 6.54 Å². The fourth-order valence-corrected chi connectivity index (χ4v) is 11.3. The summed E-state index contributed by atoms with van der Waals surface area (Å²) in [6.45, 7) is 19.8. The van der Waals surface area contributed by atoms with Gasteiger partial charge in [0.25, 0.3) is 11.7 Å². The largest absolute Gasteiger partial charge is 0.507 e. The summed E-state index contributed by atoms with van der Waals surface area (Å²) in [6, 6.07) is 1.73. The quantitative estimate of drug-likeness (QED) is 0.123. The van der Waals surface area contributed by atoms with Crippen molar-refractivity contribution in [3.63, 3.8) is 0 Å². The zero-order chi connectivity index (χ0) is 55.0. The van der Waals surface area contributed by atoms with E-state index >= 15 is 0 Å². The predicted molar refractivity (Wildman–Crippen MR) is 282 cm³/mol. The van der Waals surface area contributed by atoms with Gasteiger partial charge in [-0.05, 0) is 38.3 Å². The van der Waals surface area contributed by atoms with Gasteiger partial charge in [0.05, 0.1) is 40.9 Å². The molecular weight excluding hydrogens is 977 g/mol. The van der Waals surface area contributed by atoms with Crippen molar-refractivity contribution in [2.24, 2.45) is 39.6 Å². The Morgan fingerprint density at radius 1 is 0.882 bits per heavy atom. The van der Waals surface area contributed by atoms with Crippen molar-refractivity contribution in [2.45, 2.75) is 124 Å². The van der Waals surface area contributed by atoms with E-state index in [9.17, 15) is 39.6 Å². The summed E-state index contributed by atoms with van der Waals surface area (Å²) in [5.41, 5.74) is -0.720. The molecule has 1 aromatic heterocycles. The molecule has 0 aliphatic carbocycles. The van der Waals surface area contributed by atoms with Gasteiger partial charge in [-0.3, -0.25) is 29.2 Å². The van der Waals surface area contributed by atoms with Crippen LogP contribution in [0.5, 0.6) is 17.2 Å². The lowest BCUT2D eigenvalue weighted by atomic mass is 9.78. The molecule has 20 heteroatoms. The summed E-state index contributed by atoms with van der Waals surface area (Å²) < 4.78 is 24.7. The number of hydrogen-bond acceptors (Lipinski definition) is 18. The van der Waals surface area contributed by atoms with Crippen LogP contribution in [0.2, 0.25) is 0 Å². The maximum atomic E-state index is 15.0. The van der Waals surface area contributed by atoms with Crippen LogP contribution in [-0.4, -0.2) is 153 Å². The molecule has 2 saturated heterocycles. The Kier molecular flexibility index (Phi) is 16.6. The molecule has 76 heavy (non-hydrogen) atoms. The van der Waals surface area contributed by atoms with Crippen LogP contribution >= 0.6 is 0 Å². The van der Waals surface area contributed by atoms with Crippen LogP contribution in [0.15, 0.2) is 64.6 Å². The van der Waals surface area contributed by atoms with Crippen LogP contribution < -0.4 is 25.7 Å². The number of piperidine rings is 1. The number of likely N-dealkylation sites (tertiary alicyclic amines) is 1. The zero-order valence-corrected chi connectivity index (χ0v) is 45.3. The fourth-order valence-electron chi connectivity index (χ4n) is 11.3. The third kappa shape index (κ3) is 11.0. The first-order chi connectivity index (χ1) is 36.1. The molecule has 9 atom stereocenters. The molecule has 20 nitrogen and oxygen atoms in total. The number of nitrogens with one attached hydrogen (secondary N) is 1. The number of aliphatic hydroxyl groups excluding tert-OH is 2. The summed E-state index contributed by atoms with van der Waals surface area (Å²) in [7, 11) is 1.44. The minimum Gasteiger partial charge on any atom is -0.507 e. The number of Topliss-reactive ketones (excluding diaryl/α,β-unsaturated/α-hetero) is 1. The minimum atomic E-state index is -2.03. The van der Waals surface area contributed by atoms with Crippen molar-refractivity contribution >= 4 is 46.0 Å². The number of aliphatic hydroxyl groups is 2. The summed E-state index contributed by atoms with van der Waals surface area (Å²) in [4.78, 5) is 81.7. The summed E-state index contributed by atoms with van der Waals surface area (Å²) in [5.74, 6) is -7.34. The number of hydrogen-bond donors (Lipinski definition) is 5. The van der Waals surface area contributed by atoms with Crippen molar-refractivity contribution in [3.8, 4) is 17.2 Å². The lowest BCUT2D eigenvalue weighted by Gasteiger charge is -2.38. The highest BCUT2D eigenvalue weighted by molar-refractivity contribution is 6.19. The molecule has 5 bridgehead atoms. The number of aromatic nitrogens is 2. The lowest BCUT2D eigenvalue weighted by Crippen LogP contribution is -2.47. The van der Waals surface area contributed by atoms with E-state index in [2.05, 4.69) is 34.0 Å². The highest BCUT2D eigenvalue weighted by Crippen LogP contribution is 2.50. The summed E-state index contributed by atoms with van der Waals surface area (Å²) in [6.07, 6.45) is 7.65. The number of carbonyl (C=O) groups excluding carboxylic acids is 4. The third-order valence-electron chi connectivity index (χ3n) is 15.8. The van der Waals surface area contributed by atoms with Gasteiger partial charge in [-0.25, -0.2) is 9.97 Å². The fraction of sp³-hybridized carbons (Fsp3) is 0.571. The molecule has 1 spiro atoms. The molecule has 2 amide bonds. The van der Waals surface area contributed by atoms with Crippen LogP contribution in [0.1, 0.15) is 97.0 Å². The number of amides is 2. The van der Waals surface area contributed by atoms with Crippen LogP contribution in [-0.2, 0) is 28.6 Å². The van der Waals surface area contributed by atoms with Crippen molar-refractivity contribution in [3.05, 3.63) is 76.4 Å². The Morgan fingerprint density at radius 2 is 1.58 bits per heavy atom. The number of benzene rings is 2. The topological polar surface area (TPSA) is 258 Å². The normalized spacial score (nSPS) is 29.9. The molecule has 5 N–H and O–H groups in total. The van der Waals surface area contributed by atoms with Gasteiger partial charge in [-0.2, -0.15) is 0 Å². The molecule has 2 aromatic carbocycles. The van der Waals surface area contributed by atoms with Crippen molar-refractivity contribution < 1.29 is 58.6 Å². The summed E-state index contributed by atoms with van der Waals surface area (Å²) in [5, 5.41) is 51.1. The number of ether oxygens (including phenoxy) is 4. The second kappa shape index (κ2) is 22.6. The molecule has 6 aliphatic heterocycles. The molecule has 3 aromatic rings. The Labute approximate surface area is 443 Å². The lowest BCUT2D eigenvalue weighted by molar-refractivity contribution is -0.165. The Morgan fingerprint density at radius 3 is 2.26 bits per heavy atom. The van der Waals surface area contributed by atoms with Crippen molar-refractivity contribution in [1.29, 1.82) is 0 Å². The van der Waals surface area contributed by atoms with Crippen LogP contribution in [0.3, 0.4) is 0 Å². The number of anilines is 2. The third-order valence-corrected chi connectivity index (χ3v) is 15.8. The Bertz CT molecular complexity index is 2940. The maximum absolute atomic E-state index is 15.0. The van der Waals surface area contributed by atoms with E-state index in [0.29, 0.717) is 70.4 Å². The number of phenols is 2. The highest BCUT2D eigenvalue weighted by atomic mass is 16.7. The van der Waals surface area contributed by atoms with E-state index in [4.69, 9.17) is 28.9 Å². The highest BCUT2D eigenvalue weighted by Gasteiger charge is 2.50. The number of carbonyl (C=O) groups is 4. The first-order valence-electron chi connectivity index (χ1n) is 26.5. The smallest absolute Gasteiger partial charge is 0.315 e. The Balaban J connectivity index is 1.15. The summed E-state index contributed by atoms with van der Waals surface area (Å²) >= 11 is 0. The molecule has 2 fully saturated rings. The molecule has 6 aliphatic rings. The average molecular weight is 1050 g/mol. The standard InChI is InChI=1S/C56H74N8O12/c1-30(2)29-62-23-17-56(18-24-62)60-43-40-41-48(69)36(8)51-42(40)52(71)55(9,76-51)74-27-16-37(73-10)33(5)50(75-39(66)28-38(65)63-21-13-22-64(26-25-63)54-57-19-12-20-58-54)35(7)47(68)34(6)46(67)31(3)14-11-15-32(4)53(72)59-45(49(41)70)44(43)61-56/h11-12,14-16,19-20,27,30-31,33-35,37,46-47,50,67-70H,13,17-18,21-26,28-29H2,1-10H3,(H,59,72)/b14-11+,27-16+,32-15-/t31-,33+,34+,35+,37-,46-,47+,50+,55-/m0/s1. The molecule has 7 heterocycles. The van der Waals surface area contributed by atoms with Crippen molar-refractivity contribution in [1.82, 2.24) is 19.8 Å². The van der Waals surface area contributed by atoms with E-state index < -0.39 is 101 Å². The molecule has 410 valence electrons. The van der Waals surface area contributed by atoms with Crippen LogP contribution in [0, 0.1) is 36.5 Å². The number of esters is 1. The number of methoxy groups -OCH3 is 1.